The summed E-state index contributed by atoms with van der Waals surface area (Å²) < 4.78 is 29.0. The van der Waals surface area contributed by atoms with Gasteiger partial charge in [0.2, 0.25) is 0 Å². The molecule has 3 nitrogen and oxygen atoms in total. The molecule has 1 aromatic rings. The molecular weight excluding hydrogens is 243 g/mol. The van der Waals surface area contributed by atoms with Gasteiger partial charge in [0.1, 0.15) is 0 Å². The fourth-order valence-electron chi connectivity index (χ4n) is 1.26. The van der Waals surface area contributed by atoms with Crippen molar-refractivity contribution in [2.24, 2.45) is 0 Å². The van der Waals surface area contributed by atoms with Crippen LogP contribution in [0.1, 0.15) is 5.56 Å². The van der Waals surface area contributed by atoms with Crippen LogP contribution in [0, 0.1) is 0 Å². The van der Waals surface area contributed by atoms with Crippen LogP contribution in [-0.2, 0) is 19.8 Å². The Balaban J connectivity index is 2.83. The zero-order valence-electron chi connectivity index (χ0n) is 10.2. The van der Waals surface area contributed by atoms with Gasteiger partial charge in [0.15, 0.2) is 0 Å². The van der Waals surface area contributed by atoms with E-state index in [1.807, 2.05) is 44.9 Å². The monoisotopic (exact) mass is 262 g/mol. The number of benzene rings is 1. The first kappa shape index (κ1) is 13.6. The molecule has 1 aromatic carbocycles. The van der Waals surface area contributed by atoms with Gasteiger partial charge < -0.3 is 0 Å². The topological polar surface area (TPSA) is 43.4 Å². The molecule has 0 spiro atoms. The zero-order chi connectivity index (χ0) is 12.5. The van der Waals surface area contributed by atoms with Crippen LogP contribution in [0.15, 0.2) is 30.3 Å². The minimum absolute atomic E-state index is 0.0604. The van der Waals surface area contributed by atoms with Crippen LogP contribution in [0.3, 0.4) is 0 Å². The second kappa shape index (κ2) is 4.10. The molecule has 0 aliphatic rings. The SMILES string of the molecule is CP(C)(C)(C)OS(=O)(=O)Cc1ccccc1. The predicted octanol–water partition coefficient (Wildman–Crippen LogP) is 2.52. The third-order valence-electron chi connectivity index (χ3n) is 1.60. The van der Waals surface area contributed by atoms with E-state index in [4.69, 9.17) is 3.97 Å². The normalized spacial score (nSPS) is 15.4. The number of hydrogen-bond acceptors (Lipinski definition) is 3. The van der Waals surface area contributed by atoms with Gasteiger partial charge >= 0.3 is 97.6 Å². The molecule has 0 aliphatic carbocycles. The molecule has 0 aromatic heterocycles. The molecule has 5 heteroatoms. The van der Waals surface area contributed by atoms with Crippen molar-refractivity contribution in [2.75, 3.05) is 26.7 Å². The summed E-state index contributed by atoms with van der Waals surface area (Å²) >= 11 is 0. The summed E-state index contributed by atoms with van der Waals surface area (Å²) in [6.45, 7) is 4.98. The first-order valence-corrected chi connectivity index (χ1v) is 10.5. The van der Waals surface area contributed by atoms with E-state index in [-0.39, 0.29) is 5.75 Å². The van der Waals surface area contributed by atoms with Crippen molar-refractivity contribution in [3.63, 3.8) is 0 Å². The average Bonchev–Trinajstić information content (AvgIpc) is 1.98. The standard InChI is InChI=1S/C11H19O3PS/c1-15(2,3,4)14-16(12,13)10-11-8-6-5-7-9-11/h5-9H,10H2,1-4H3. The fraction of sp³-hybridized carbons (Fsp3) is 0.455. The van der Waals surface area contributed by atoms with Crippen molar-refractivity contribution in [1.29, 1.82) is 0 Å². The molecule has 0 N–H and O–H groups in total. The summed E-state index contributed by atoms with van der Waals surface area (Å²) in [5, 5.41) is 0. The molecule has 92 valence electrons. The average molecular weight is 262 g/mol. The van der Waals surface area contributed by atoms with Crippen LogP contribution in [0.25, 0.3) is 0 Å². The summed E-state index contributed by atoms with van der Waals surface area (Å²) in [6, 6.07) is 9.07. The first-order valence-electron chi connectivity index (χ1n) is 5.02. The van der Waals surface area contributed by atoms with Gasteiger partial charge in [0.25, 0.3) is 0 Å². The molecular formula is C11H19O3PS. The molecule has 0 atom stereocenters. The van der Waals surface area contributed by atoms with Gasteiger partial charge in [-0.1, -0.05) is 0 Å². The molecule has 0 unspecified atom stereocenters. The third-order valence-corrected chi connectivity index (χ3v) is 5.58. The second-order valence-corrected chi connectivity index (χ2v) is 14.5. The first-order chi connectivity index (χ1) is 7.04. The van der Waals surface area contributed by atoms with Crippen molar-refractivity contribution in [1.82, 2.24) is 0 Å². The van der Waals surface area contributed by atoms with Crippen LogP contribution < -0.4 is 0 Å². The van der Waals surface area contributed by atoms with Crippen LogP contribution in [-0.4, -0.2) is 35.1 Å². The molecule has 0 saturated carbocycles. The van der Waals surface area contributed by atoms with Gasteiger partial charge in [-0.15, -0.1) is 0 Å². The van der Waals surface area contributed by atoms with Crippen LogP contribution in [0.2, 0.25) is 0 Å². The molecule has 0 aliphatic heterocycles. The Kier molecular flexibility index (Phi) is 3.49. The van der Waals surface area contributed by atoms with Crippen LogP contribution in [0.4, 0.5) is 0 Å². The van der Waals surface area contributed by atoms with Crippen molar-refractivity contribution in [3.8, 4) is 0 Å². The second-order valence-electron chi connectivity index (χ2n) is 5.68. The van der Waals surface area contributed by atoms with E-state index in [9.17, 15) is 8.42 Å². The van der Waals surface area contributed by atoms with Gasteiger partial charge in [0.05, 0.1) is 0 Å². The number of hydrogen-bond donors (Lipinski definition) is 0. The maximum atomic E-state index is 11.8. The Morgan fingerprint density at radius 2 is 1.56 bits per heavy atom. The van der Waals surface area contributed by atoms with E-state index in [1.54, 1.807) is 12.1 Å². The molecule has 0 radical (unpaired) electrons. The Bertz CT molecular complexity index is 448. The van der Waals surface area contributed by atoms with Gasteiger partial charge in [0, 0.05) is 0 Å². The summed E-state index contributed by atoms with van der Waals surface area (Å²) in [4.78, 5) is 0. The van der Waals surface area contributed by atoms with E-state index >= 15 is 0 Å². The summed E-state index contributed by atoms with van der Waals surface area (Å²) in [5.74, 6) is -0.0604. The van der Waals surface area contributed by atoms with Crippen molar-refractivity contribution in [3.05, 3.63) is 35.9 Å². The predicted molar refractivity (Wildman–Crippen MR) is 70.8 cm³/mol. The summed E-state index contributed by atoms with van der Waals surface area (Å²) in [7, 11) is -3.49. The molecule has 0 bridgehead atoms. The van der Waals surface area contributed by atoms with E-state index in [0.29, 0.717) is 0 Å². The molecule has 0 amide bonds. The Labute approximate surface area is 98.0 Å². The fourth-order valence-corrected chi connectivity index (χ4v) is 5.70. The molecule has 0 fully saturated rings. The summed E-state index contributed by atoms with van der Waals surface area (Å²) in [6.07, 6.45) is 0. The Morgan fingerprint density at radius 3 is 2.00 bits per heavy atom. The van der Waals surface area contributed by atoms with E-state index < -0.39 is 16.9 Å². The van der Waals surface area contributed by atoms with Gasteiger partial charge in [-0.05, 0) is 0 Å². The molecule has 1 rings (SSSR count). The Hall–Kier alpha value is -0.440. The van der Waals surface area contributed by atoms with Crippen molar-refractivity contribution in [2.45, 2.75) is 5.75 Å². The molecule has 16 heavy (non-hydrogen) atoms. The Morgan fingerprint density at radius 1 is 1.06 bits per heavy atom. The maximum absolute atomic E-state index is 11.8. The zero-order valence-corrected chi connectivity index (χ0v) is 11.9. The van der Waals surface area contributed by atoms with Crippen molar-refractivity contribution >= 4 is 16.9 Å². The van der Waals surface area contributed by atoms with Crippen LogP contribution >= 0.6 is 6.83 Å². The molecule has 0 heterocycles. The van der Waals surface area contributed by atoms with Gasteiger partial charge in [-0.3, -0.25) is 0 Å². The quantitative estimate of drug-likeness (QED) is 0.783. The minimum atomic E-state index is -3.49. The van der Waals surface area contributed by atoms with E-state index in [2.05, 4.69) is 0 Å². The van der Waals surface area contributed by atoms with E-state index in [0.717, 1.165) is 5.56 Å². The summed E-state index contributed by atoms with van der Waals surface area (Å²) in [5.41, 5.74) is 0.753. The van der Waals surface area contributed by atoms with Gasteiger partial charge in [-0.25, -0.2) is 0 Å². The van der Waals surface area contributed by atoms with E-state index in [1.165, 1.54) is 0 Å². The number of rotatable bonds is 4. The third kappa shape index (κ3) is 5.59. The van der Waals surface area contributed by atoms with Gasteiger partial charge in [-0.2, -0.15) is 0 Å². The van der Waals surface area contributed by atoms with Crippen molar-refractivity contribution < 1.29 is 12.4 Å². The van der Waals surface area contributed by atoms with Crippen LogP contribution in [0.5, 0.6) is 0 Å². The molecule has 0 saturated heterocycles.